The van der Waals surface area contributed by atoms with Gasteiger partial charge in [-0.2, -0.15) is 13.2 Å². The van der Waals surface area contributed by atoms with E-state index in [0.29, 0.717) is 22.9 Å². The number of alkyl halides is 3. The number of hydrogen-bond donors (Lipinski definition) is 3. The van der Waals surface area contributed by atoms with E-state index in [1.807, 2.05) is 0 Å². The number of hydrogen-bond acceptors (Lipinski definition) is 6. The third-order valence-corrected chi connectivity index (χ3v) is 6.23. The second kappa shape index (κ2) is 9.91. The Hall–Kier alpha value is -3.23. The van der Waals surface area contributed by atoms with Crippen molar-refractivity contribution in [3.63, 3.8) is 0 Å². The van der Waals surface area contributed by atoms with Crippen LogP contribution in [0.3, 0.4) is 0 Å². The molecule has 1 fully saturated rings. The first-order chi connectivity index (χ1) is 16.7. The van der Waals surface area contributed by atoms with E-state index in [2.05, 4.69) is 4.98 Å². The van der Waals surface area contributed by atoms with Gasteiger partial charge in [0.25, 0.3) is 0 Å². The number of carboxylic acids is 1. The van der Waals surface area contributed by atoms with Gasteiger partial charge in [-0.15, -0.1) is 12.4 Å². The highest BCUT2D eigenvalue weighted by Gasteiger charge is 2.46. The maximum atomic E-state index is 15.2. The third-order valence-electron chi connectivity index (χ3n) is 5.88. The maximum absolute atomic E-state index is 15.2. The number of nitrogen functional groups attached to an aromatic ring is 1. The van der Waals surface area contributed by atoms with Crippen LogP contribution < -0.4 is 16.1 Å². The predicted molar refractivity (Wildman–Crippen MR) is 123 cm³/mol. The zero-order valence-corrected chi connectivity index (χ0v) is 19.8. The van der Waals surface area contributed by atoms with Crippen LogP contribution in [0.4, 0.5) is 37.8 Å². The number of pyridine rings is 2. The number of aliphatic hydroxyl groups is 1. The third kappa shape index (κ3) is 4.88. The maximum Gasteiger partial charge on any atom is 0.414 e. The molecule has 1 aromatic carbocycles. The van der Waals surface area contributed by atoms with Gasteiger partial charge in [0, 0.05) is 31.3 Å². The molecule has 4 N–H and O–H groups in total. The van der Waals surface area contributed by atoms with Crippen molar-refractivity contribution < 1.29 is 41.4 Å². The van der Waals surface area contributed by atoms with Crippen molar-refractivity contribution in [3.05, 3.63) is 56.6 Å². The van der Waals surface area contributed by atoms with Gasteiger partial charge in [0.05, 0.1) is 21.6 Å². The van der Waals surface area contributed by atoms with Gasteiger partial charge >= 0.3 is 12.1 Å². The van der Waals surface area contributed by atoms with Crippen LogP contribution in [0.2, 0.25) is 5.02 Å². The fraction of sp³-hybridized carbons (Fsp3) is 0.286. The lowest BCUT2D eigenvalue weighted by molar-refractivity contribution is -0.217. The molecule has 0 spiro atoms. The zero-order valence-electron chi connectivity index (χ0n) is 18.2. The van der Waals surface area contributed by atoms with E-state index >= 15 is 4.39 Å². The number of carboxylic acid groups (broad SMARTS) is 1. The number of aromatic nitrogens is 2. The lowest BCUT2D eigenvalue weighted by atomic mass is 10.0. The molecule has 0 amide bonds. The molecule has 3 aromatic rings. The van der Waals surface area contributed by atoms with E-state index in [9.17, 15) is 41.8 Å². The van der Waals surface area contributed by atoms with Crippen molar-refractivity contribution in [3.8, 4) is 5.82 Å². The summed E-state index contributed by atoms with van der Waals surface area (Å²) in [4.78, 5) is 29.0. The van der Waals surface area contributed by atoms with Crippen molar-refractivity contribution in [2.45, 2.75) is 18.7 Å². The summed E-state index contributed by atoms with van der Waals surface area (Å²) in [6.45, 7) is -0.621. The molecule has 16 heteroatoms. The van der Waals surface area contributed by atoms with Gasteiger partial charge in [-0.05, 0) is 12.5 Å². The van der Waals surface area contributed by atoms with Crippen molar-refractivity contribution in [1.82, 2.24) is 9.55 Å². The number of nitrogens with zero attached hydrogens (tertiary/aromatic N) is 3. The van der Waals surface area contributed by atoms with Gasteiger partial charge in [-0.1, -0.05) is 11.6 Å². The molecule has 8 nitrogen and oxygen atoms in total. The molecule has 0 unspecified atom stereocenters. The molecule has 2 aromatic heterocycles. The number of nitrogens with two attached hydrogens (primary N) is 1. The van der Waals surface area contributed by atoms with Crippen molar-refractivity contribution in [1.29, 1.82) is 0 Å². The molecule has 0 bridgehead atoms. The van der Waals surface area contributed by atoms with E-state index in [1.54, 1.807) is 0 Å². The number of aromatic carboxylic acids is 1. The van der Waals surface area contributed by atoms with Gasteiger partial charge < -0.3 is 20.8 Å². The lowest BCUT2D eigenvalue weighted by Crippen LogP contribution is -2.37. The number of benzene rings is 1. The molecule has 1 aliphatic rings. The van der Waals surface area contributed by atoms with Crippen LogP contribution in [0.25, 0.3) is 16.7 Å². The molecule has 4 rings (SSSR count). The minimum atomic E-state index is -4.91. The van der Waals surface area contributed by atoms with Gasteiger partial charge in [0.15, 0.2) is 29.4 Å². The number of rotatable bonds is 4. The van der Waals surface area contributed by atoms with Crippen molar-refractivity contribution in [2.24, 2.45) is 5.92 Å². The Kier molecular flexibility index (Phi) is 7.59. The van der Waals surface area contributed by atoms with Gasteiger partial charge in [-0.3, -0.25) is 9.36 Å². The molecular formula is C21H16Cl2F6N4O4. The van der Waals surface area contributed by atoms with E-state index in [4.69, 9.17) is 17.3 Å². The lowest BCUT2D eigenvalue weighted by Gasteiger charge is -2.25. The van der Waals surface area contributed by atoms with Gasteiger partial charge in [0.2, 0.25) is 5.43 Å². The van der Waals surface area contributed by atoms with Gasteiger partial charge in [-0.25, -0.2) is 22.9 Å². The highest BCUT2D eigenvalue weighted by molar-refractivity contribution is 6.38. The average Bonchev–Trinajstić information content (AvgIpc) is 3.25. The summed E-state index contributed by atoms with van der Waals surface area (Å²) >= 11 is 6.40. The minimum absolute atomic E-state index is 0. The molecule has 2 atom stereocenters. The number of halogens is 8. The molecule has 0 saturated carbocycles. The Labute approximate surface area is 214 Å². The minimum Gasteiger partial charge on any atom is -0.477 e. The Morgan fingerprint density at radius 3 is 2.43 bits per heavy atom. The number of fused-ring (bicyclic) bond motifs is 1. The van der Waals surface area contributed by atoms with Crippen LogP contribution in [-0.4, -0.2) is 51.1 Å². The molecule has 0 radical (unpaired) electrons. The Bertz CT molecular complexity index is 1470. The van der Waals surface area contributed by atoms with Gasteiger partial charge in [0.1, 0.15) is 11.4 Å². The monoisotopic (exact) mass is 572 g/mol. The van der Waals surface area contributed by atoms with Crippen LogP contribution in [0, 0.1) is 23.4 Å². The van der Waals surface area contributed by atoms with Crippen molar-refractivity contribution >= 4 is 52.4 Å². The van der Waals surface area contributed by atoms with Crippen LogP contribution in [0.5, 0.6) is 0 Å². The molecule has 1 saturated heterocycles. The normalized spacial score (nSPS) is 16.6. The van der Waals surface area contributed by atoms with Crippen LogP contribution in [-0.2, 0) is 0 Å². The summed E-state index contributed by atoms with van der Waals surface area (Å²) in [5, 5.41) is 17.8. The van der Waals surface area contributed by atoms with Crippen LogP contribution in [0.1, 0.15) is 16.8 Å². The van der Waals surface area contributed by atoms with E-state index in [-0.39, 0.29) is 25.4 Å². The van der Waals surface area contributed by atoms with Crippen LogP contribution in [0.15, 0.2) is 23.1 Å². The number of anilines is 2. The molecule has 1 aliphatic heterocycles. The topological polar surface area (TPSA) is 122 Å². The Morgan fingerprint density at radius 2 is 1.84 bits per heavy atom. The first kappa shape index (κ1) is 28.3. The summed E-state index contributed by atoms with van der Waals surface area (Å²) in [6.07, 6.45) is -7.12. The summed E-state index contributed by atoms with van der Waals surface area (Å²) in [5.41, 5.74) is 2.38. The summed E-state index contributed by atoms with van der Waals surface area (Å²) in [5.74, 6) is -8.36. The first-order valence-electron chi connectivity index (χ1n) is 10.1. The van der Waals surface area contributed by atoms with E-state index in [1.165, 1.54) is 0 Å². The second-order valence-electron chi connectivity index (χ2n) is 8.11. The summed E-state index contributed by atoms with van der Waals surface area (Å²) in [7, 11) is 0. The summed E-state index contributed by atoms with van der Waals surface area (Å²) in [6, 6.07) is 0.962. The van der Waals surface area contributed by atoms with Crippen LogP contribution >= 0.6 is 24.0 Å². The number of carbonyl (C=O) groups is 1. The SMILES string of the molecule is Cl.Nc1nc(-n2cc(C(=O)O)c(=O)c3cc(F)c(N4CC[C@@H]([C@H](O)C(F)(F)F)C4)c(Cl)c32)c(F)cc1F. The standard InChI is InChI=1S/C21H15ClF6N4O4.ClH/c22-13-14-8(3-10(23)15(13)31-2-1-7(5-31)17(34)21(26,27)28)16(33)9(20(35)36)6-32(14)19-12(25)4-11(24)18(29)30-19;/h3-4,6-7,17,34H,1-2,5H2,(H2,29,30)(H,35,36);1H/t7-,17+;/m1./s1. The quantitative estimate of drug-likeness (QED) is 0.405. The van der Waals surface area contributed by atoms with Crippen molar-refractivity contribution in [2.75, 3.05) is 23.7 Å². The number of aliphatic hydroxyl groups excluding tert-OH is 1. The zero-order chi connectivity index (χ0) is 26.7. The average molecular weight is 573 g/mol. The fourth-order valence-corrected chi connectivity index (χ4v) is 4.57. The smallest absolute Gasteiger partial charge is 0.414 e. The van der Waals surface area contributed by atoms with E-state index < -0.39 is 92.4 Å². The second-order valence-corrected chi connectivity index (χ2v) is 8.48. The predicted octanol–water partition coefficient (Wildman–Crippen LogP) is 3.91. The summed E-state index contributed by atoms with van der Waals surface area (Å²) < 4.78 is 83.1. The first-order valence-corrected chi connectivity index (χ1v) is 10.5. The molecule has 3 heterocycles. The molecular weight excluding hydrogens is 557 g/mol. The largest absolute Gasteiger partial charge is 0.477 e. The highest BCUT2D eigenvalue weighted by atomic mass is 35.5. The highest BCUT2D eigenvalue weighted by Crippen LogP contribution is 2.40. The van der Waals surface area contributed by atoms with E-state index in [0.717, 1.165) is 4.90 Å². The Balaban J connectivity index is 0.00000380. The Morgan fingerprint density at radius 1 is 1.19 bits per heavy atom. The molecule has 200 valence electrons. The molecule has 37 heavy (non-hydrogen) atoms. The molecule has 0 aliphatic carbocycles. The fourth-order valence-electron chi connectivity index (χ4n) is 4.17.